The molecule has 0 radical (unpaired) electrons. The molecular formula is C13H9NS. The summed E-state index contributed by atoms with van der Waals surface area (Å²) in [6.07, 6.45) is 1.43. The fraction of sp³-hybridized carbons (Fsp3) is 0. The van der Waals surface area contributed by atoms with Gasteiger partial charge < -0.3 is 5.41 Å². The van der Waals surface area contributed by atoms with Crippen LogP contribution in [-0.2, 0) is 0 Å². The molecule has 0 spiro atoms. The third-order valence-electron chi connectivity index (χ3n) is 2.59. The highest BCUT2D eigenvalue weighted by Crippen LogP contribution is 2.34. The summed E-state index contributed by atoms with van der Waals surface area (Å²) >= 11 is 1.76. The maximum absolute atomic E-state index is 7.38. The number of fused-ring (bicyclic) bond motifs is 3. The van der Waals surface area contributed by atoms with Crippen molar-refractivity contribution in [3.63, 3.8) is 0 Å². The van der Waals surface area contributed by atoms with Crippen LogP contribution in [0.25, 0.3) is 20.2 Å². The van der Waals surface area contributed by atoms with Gasteiger partial charge in [-0.15, -0.1) is 11.3 Å². The van der Waals surface area contributed by atoms with Crippen molar-refractivity contribution in [2.24, 2.45) is 0 Å². The van der Waals surface area contributed by atoms with Crippen LogP contribution in [0.1, 0.15) is 5.56 Å². The molecule has 1 nitrogen and oxygen atoms in total. The number of hydrogen-bond donors (Lipinski definition) is 1. The van der Waals surface area contributed by atoms with Crippen LogP contribution in [0.3, 0.4) is 0 Å². The van der Waals surface area contributed by atoms with Crippen molar-refractivity contribution < 1.29 is 0 Å². The Hall–Kier alpha value is -1.67. The van der Waals surface area contributed by atoms with Gasteiger partial charge in [-0.25, -0.2) is 0 Å². The van der Waals surface area contributed by atoms with Crippen molar-refractivity contribution >= 4 is 37.7 Å². The van der Waals surface area contributed by atoms with Crippen LogP contribution in [0.15, 0.2) is 42.5 Å². The van der Waals surface area contributed by atoms with Gasteiger partial charge in [0.1, 0.15) is 0 Å². The van der Waals surface area contributed by atoms with Crippen molar-refractivity contribution in [2.45, 2.75) is 0 Å². The lowest BCUT2D eigenvalue weighted by Gasteiger charge is -1.93. The molecule has 3 rings (SSSR count). The molecule has 0 aliphatic heterocycles. The van der Waals surface area contributed by atoms with Crippen molar-refractivity contribution in [3.05, 3.63) is 48.0 Å². The molecule has 0 aliphatic rings. The Morgan fingerprint density at radius 2 is 1.73 bits per heavy atom. The van der Waals surface area contributed by atoms with Gasteiger partial charge in [-0.1, -0.05) is 36.4 Å². The first-order chi connectivity index (χ1) is 7.40. The van der Waals surface area contributed by atoms with Crippen molar-refractivity contribution in [1.82, 2.24) is 0 Å². The van der Waals surface area contributed by atoms with E-state index < -0.39 is 0 Å². The first-order valence-electron chi connectivity index (χ1n) is 4.81. The SMILES string of the molecule is N=Cc1cccc2c1sc1ccccc12. The summed E-state index contributed by atoms with van der Waals surface area (Å²) in [6, 6.07) is 14.5. The first-order valence-corrected chi connectivity index (χ1v) is 5.62. The Labute approximate surface area is 91.5 Å². The summed E-state index contributed by atoms with van der Waals surface area (Å²) in [7, 11) is 0. The van der Waals surface area contributed by atoms with Crippen molar-refractivity contribution in [1.29, 1.82) is 5.41 Å². The topological polar surface area (TPSA) is 23.9 Å². The minimum Gasteiger partial charge on any atom is -0.308 e. The highest BCUT2D eigenvalue weighted by atomic mass is 32.1. The zero-order valence-electron chi connectivity index (χ0n) is 8.03. The van der Waals surface area contributed by atoms with Gasteiger partial charge >= 0.3 is 0 Å². The smallest absolute Gasteiger partial charge is 0.0442 e. The van der Waals surface area contributed by atoms with Gasteiger partial charge in [0.25, 0.3) is 0 Å². The molecular weight excluding hydrogens is 202 g/mol. The van der Waals surface area contributed by atoms with Crippen LogP contribution >= 0.6 is 11.3 Å². The maximum Gasteiger partial charge on any atom is 0.0442 e. The third-order valence-corrected chi connectivity index (χ3v) is 3.83. The summed E-state index contributed by atoms with van der Waals surface area (Å²) in [4.78, 5) is 0. The lowest BCUT2D eigenvalue weighted by molar-refractivity contribution is 1.56. The minimum atomic E-state index is 1.01. The number of rotatable bonds is 1. The number of thiophene rings is 1. The molecule has 0 unspecified atom stereocenters. The van der Waals surface area contributed by atoms with E-state index in [0.717, 1.165) is 5.56 Å². The molecule has 0 saturated carbocycles. The van der Waals surface area contributed by atoms with Crippen LogP contribution in [-0.4, -0.2) is 6.21 Å². The Kier molecular flexibility index (Phi) is 1.82. The summed E-state index contributed by atoms with van der Waals surface area (Å²) in [6.45, 7) is 0. The quantitative estimate of drug-likeness (QED) is 0.587. The molecule has 0 aliphatic carbocycles. The fourth-order valence-electron chi connectivity index (χ4n) is 1.88. The molecule has 72 valence electrons. The van der Waals surface area contributed by atoms with E-state index in [1.54, 1.807) is 11.3 Å². The summed E-state index contributed by atoms with van der Waals surface area (Å²) in [5.41, 5.74) is 1.01. The molecule has 0 atom stereocenters. The molecule has 2 heteroatoms. The van der Waals surface area contributed by atoms with E-state index >= 15 is 0 Å². The molecule has 3 aromatic rings. The van der Waals surface area contributed by atoms with Gasteiger partial charge in [0, 0.05) is 32.0 Å². The van der Waals surface area contributed by atoms with Crippen molar-refractivity contribution in [2.75, 3.05) is 0 Å². The van der Waals surface area contributed by atoms with E-state index in [0.29, 0.717) is 0 Å². The second-order valence-corrected chi connectivity index (χ2v) is 4.52. The van der Waals surface area contributed by atoms with E-state index in [1.165, 1.54) is 26.4 Å². The van der Waals surface area contributed by atoms with Gasteiger partial charge in [-0.2, -0.15) is 0 Å². The molecule has 0 saturated heterocycles. The molecule has 15 heavy (non-hydrogen) atoms. The zero-order valence-corrected chi connectivity index (χ0v) is 8.84. The lowest BCUT2D eigenvalue weighted by atomic mass is 10.1. The van der Waals surface area contributed by atoms with Crippen LogP contribution in [0.2, 0.25) is 0 Å². The Morgan fingerprint density at radius 1 is 0.933 bits per heavy atom. The second kappa shape index (κ2) is 3.17. The second-order valence-electron chi connectivity index (χ2n) is 3.47. The van der Waals surface area contributed by atoms with Crippen LogP contribution in [0.5, 0.6) is 0 Å². The molecule has 0 bridgehead atoms. The van der Waals surface area contributed by atoms with Gasteiger partial charge in [0.15, 0.2) is 0 Å². The van der Waals surface area contributed by atoms with E-state index in [9.17, 15) is 0 Å². The first kappa shape index (κ1) is 8.62. The molecule has 1 heterocycles. The molecule has 0 fully saturated rings. The van der Waals surface area contributed by atoms with Gasteiger partial charge in [0.2, 0.25) is 0 Å². The normalized spacial score (nSPS) is 10.9. The van der Waals surface area contributed by atoms with Crippen LogP contribution < -0.4 is 0 Å². The molecule has 0 amide bonds. The maximum atomic E-state index is 7.38. The summed E-state index contributed by atoms with van der Waals surface area (Å²) in [5.74, 6) is 0. The average molecular weight is 211 g/mol. The highest BCUT2D eigenvalue weighted by molar-refractivity contribution is 7.26. The zero-order chi connectivity index (χ0) is 10.3. The summed E-state index contributed by atoms with van der Waals surface area (Å²) < 4.78 is 2.51. The average Bonchev–Trinajstić information content (AvgIpc) is 2.67. The molecule has 2 aromatic carbocycles. The monoisotopic (exact) mass is 211 g/mol. The van der Waals surface area contributed by atoms with Crippen molar-refractivity contribution in [3.8, 4) is 0 Å². The Balaban J connectivity index is 2.59. The van der Waals surface area contributed by atoms with E-state index in [2.05, 4.69) is 30.3 Å². The lowest BCUT2D eigenvalue weighted by Crippen LogP contribution is -1.77. The van der Waals surface area contributed by atoms with Gasteiger partial charge in [0.05, 0.1) is 0 Å². The van der Waals surface area contributed by atoms with E-state index in [1.807, 2.05) is 12.1 Å². The van der Waals surface area contributed by atoms with Gasteiger partial charge in [-0.05, 0) is 6.07 Å². The number of nitrogens with one attached hydrogen (secondary N) is 1. The van der Waals surface area contributed by atoms with Gasteiger partial charge in [-0.3, -0.25) is 0 Å². The van der Waals surface area contributed by atoms with E-state index in [4.69, 9.17) is 5.41 Å². The van der Waals surface area contributed by atoms with Crippen LogP contribution in [0, 0.1) is 5.41 Å². The molecule has 1 aromatic heterocycles. The molecule has 1 N–H and O–H groups in total. The largest absolute Gasteiger partial charge is 0.308 e. The highest BCUT2D eigenvalue weighted by Gasteiger charge is 2.05. The predicted octanol–water partition coefficient (Wildman–Crippen LogP) is 4.05. The number of benzene rings is 2. The number of hydrogen-bond acceptors (Lipinski definition) is 2. The fourth-order valence-corrected chi connectivity index (χ4v) is 3.07. The Bertz CT molecular complexity index is 652. The third kappa shape index (κ3) is 1.18. The van der Waals surface area contributed by atoms with Crippen LogP contribution in [0.4, 0.5) is 0 Å². The Morgan fingerprint density at radius 3 is 2.60 bits per heavy atom. The summed E-state index contributed by atoms with van der Waals surface area (Å²) in [5, 5.41) is 9.93. The predicted molar refractivity (Wildman–Crippen MR) is 67.2 cm³/mol. The van der Waals surface area contributed by atoms with E-state index in [-0.39, 0.29) is 0 Å². The minimum absolute atomic E-state index is 1.01. The standard InChI is InChI=1S/C13H9NS/c14-8-9-4-3-6-11-10-5-1-2-7-12(10)15-13(9)11/h1-8,14H.